The van der Waals surface area contributed by atoms with Crippen LogP contribution in [0.3, 0.4) is 0 Å². The number of aromatic nitrogens is 5. The van der Waals surface area contributed by atoms with Gasteiger partial charge >= 0.3 is 0 Å². The number of thiazole rings is 1. The Balaban J connectivity index is 1.94. The monoisotopic (exact) mass is 276 g/mol. The SMILES string of the molecule is CNc1nnc(-c2cnc(-c3cnccn3)s2)s1. The third kappa shape index (κ3) is 2.07. The average Bonchev–Trinajstić information content (AvgIpc) is 3.08. The molecular weight excluding hydrogens is 268 g/mol. The summed E-state index contributed by atoms with van der Waals surface area (Å²) < 4.78 is 0. The number of anilines is 1. The third-order valence-electron chi connectivity index (χ3n) is 2.14. The van der Waals surface area contributed by atoms with E-state index in [9.17, 15) is 0 Å². The van der Waals surface area contributed by atoms with Crippen molar-refractivity contribution in [3.8, 4) is 20.6 Å². The van der Waals surface area contributed by atoms with E-state index in [4.69, 9.17) is 0 Å². The fourth-order valence-corrected chi connectivity index (χ4v) is 2.93. The molecule has 3 rings (SSSR count). The molecule has 3 heterocycles. The molecule has 0 amide bonds. The first kappa shape index (κ1) is 11.2. The molecule has 0 atom stereocenters. The Morgan fingerprint density at radius 3 is 2.67 bits per heavy atom. The van der Waals surface area contributed by atoms with Crippen molar-refractivity contribution >= 4 is 27.8 Å². The molecule has 18 heavy (non-hydrogen) atoms. The molecule has 0 aliphatic heterocycles. The molecule has 90 valence electrons. The highest BCUT2D eigenvalue weighted by Crippen LogP contribution is 2.33. The van der Waals surface area contributed by atoms with Crippen molar-refractivity contribution in [2.24, 2.45) is 0 Å². The van der Waals surface area contributed by atoms with Crippen LogP contribution in [0.15, 0.2) is 24.8 Å². The molecule has 0 aliphatic carbocycles. The van der Waals surface area contributed by atoms with E-state index >= 15 is 0 Å². The first-order valence-corrected chi connectivity index (χ1v) is 6.74. The molecule has 1 N–H and O–H groups in total. The molecule has 6 nitrogen and oxygen atoms in total. The fraction of sp³-hybridized carbons (Fsp3) is 0.100. The van der Waals surface area contributed by atoms with Crippen LogP contribution in [0.1, 0.15) is 0 Å². The van der Waals surface area contributed by atoms with E-state index in [2.05, 4.69) is 30.5 Å². The molecule has 3 aromatic heterocycles. The lowest BCUT2D eigenvalue weighted by molar-refractivity contribution is 1.09. The van der Waals surface area contributed by atoms with Crippen LogP contribution in [0.2, 0.25) is 0 Å². The molecule has 0 aromatic carbocycles. The molecule has 8 heteroatoms. The van der Waals surface area contributed by atoms with Gasteiger partial charge in [-0.2, -0.15) is 0 Å². The van der Waals surface area contributed by atoms with Crippen LogP contribution in [-0.2, 0) is 0 Å². The summed E-state index contributed by atoms with van der Waals surface area (Å²) in [5, 5.41) is 13.5. The molecule has 0 unspecified atom stereocenters. The van der Waals surface area contributed by atoms with Gasteiger partial charge in [0, 0.05) is 25.6 Å². The molecule has 0 fully saturated rings. The predicted octanol–water partition coefficient (Wildman–Crippen LogP) is 2.16. The van der Waals surface area contributed by atoms with E-state index in [1.165, 1.54) is 22.7 Å². The van der Waals surface area contributed by atoms with Crippen molar-refractivity contribution in [1.29, 1.82) is 0 Å². The van der Waals surface area contributed by atoms with Gasteiger partial charge in [-0.1, -0.05) is 11.3 Å². The topological polar surface area (TPSA) is 76.5 Å². The highest BCUT2D eigenvalue weighted by Gasteiger charge is 2.11. The largest absolute Gasteiger partial charge is 0.363 e. The minimum atomic E-state index is 0.770. The number of hydrogen-bond donors (Lipinski definition) is 1. The maximum Gasteiger partial charge on any atom is 0.205 e. The maximum absolute atomic E-state index is 4.33. The number of nitrogens with one attached hydrogen (secondary N) is 1. The first-order chi connectivity index (χ1) is 8.86. The van der Waals surface area contributed by atoms with Gasteiger partial charge in [-0.05, 0) is 0 Å². The van der Waals surface area contributed by atoms with Crippen LogP contribution in [0, 0.1) is 0 Å². The Labute approximate surface area is 111 Å². The second-order valence-electron chi connectivity index (χ2n) is 3.28. The average molecular weight is 276 g/mol. The summed E-state index contributed by atoms with van der Waals surface area (Å²) in [5.74, 6) is 0. The summed E-state index contributed by atoms with van der Waals surface area (Å²) in [7, 11) is 1.82. The van der Waals surface area contributed by atoms with Gasteiger partial charge in [0.15, 0.2) is 5.01 Å². The van der Waals surface area contributed by atoms with Crippen molar-refractivity contribution < 1.29 is 0 Å². The second kappa shape index (κ2) is 4.75. The maximum atomic E-state index is 4.33. The highest BCUT2D eigenvalue weighted by molar-refractivity contribution is 7.24. The van der Waals surface area contributed by atoms with E-state index in [-0.39, 0.29) is 0 Å². The fourth-order valence-electron chi connectivity index (χ4n) is 1.32. The summed E-state index contributed by atoms with van der Waals surface area (Å²) in [6.45, 7) is 0. The van der Waals surface area contributed by atoms with Crippen LogP contribution in [0.4, 0.5) is 5.13 Å². The quantitative estimate of drug-likeness (QED) is 0.790. The Hall–Kier alpha value is -1.93. The van der Waals surface area contributed by atoms with Crippen LogP contribution in [0.25, 0.3) is 20.6 Å². The Bertz CT molecular complexity index is 647. The van der Waals surface area contributed by atoms with Crippen molar-refractivity contribution in [3.05, 3.63) is 24.8 Å². The summed E-state index contributed by atoms with van der Waals surface area (Å²) >= 11 is 3.02. The van der Waals surface area contributed by atoms with Gasteiger partial charge in [-0.15, -0.1) is 21.5 Å². The smallest absolute Gasteiger partial charge is 0.205 e. The Morgan fingerprint density at radius 2 is 1.94 bits per heavy atom. The second-order valence-corrected chi connectivity index (χ2v) is 5.29. The zero-order valence-corrected chi connectivity index (χ0v) is 11.0. The van der Waals surface area contributed by atoms with Gasteiger partial charge < -0.3 is 5.32 Å². The summed E-state index contributed by atoms with van der Waals surface area (Å²) in [5.41, 5.74) is 0.770. The molecule has 0 saturated carbocycles. The molecule has 0 aliphatic rings. The minimum absolute atomic E-state index is 0.770. The van der Waals surface area contributed by atoms with Crippen molar-refractivity contribution in [3.63, 3.8) is 0 Å². The minimum Gasteiger partial charge on any atom is -0.363 e. The van der Waals surface area contributed by atoms with Gasteiger partial charge in [0.25, 0.3) is 0 Å². The number of hydrogen-bond acceptors (Lipinski definition) is 8. The predicted molar refractivity (Wildman–Crippen MR) is 71.6 cm³/mol. The molecule has 0 radical (unpaired) electrons. The molecule has 0 saturated heterocycles. The van der Waals surface area contributed by atoms with Crippen molar-refractivity contribution in [2.45, 2.75) is 0 Å². The molecule has 0 spiro atoms. The van der Waals surface area contributed by atoms with Crippen molar-refractivity contribution in [2.75, 3.05) is 12.4 Å². The standard InChI is InChI=1S/C10H8N6S2/c1-11-10-16-15-9(18-10)7-5-14-8(17-7)6-4-12-2-3-13-6/h2-5H,1H3,(H,11,16). The van der Waals surface area contributed by atoms with Crippen LogP contribution in [0.5, 0.6) is 0 Å². The zero-order chi connectivity index (χ0) is 12.4. The van der Waals surface area contributed by atoms with Gasteiger partial charge in [0.2, 0.25) is 5.13 Å². The van der Waals surface area contributed by atoms with E-state index in [1.54, 1.807) is 24.8 Å². The van der Waals surface area contributed by atoms with E-state index in [1.807, 2.05) is 7.05 Å². The Morgan fingerprint density at radius 1 is 1.00 bits per heavy atom. The van der Waals surface area contributed by atoms with E-state index in [0.29, 0.717) is 0 Å². The van der Waals surface area contributed by atoms with Gasteiger partial charge in [0.1, 0.15) is 10.7 Å². The Kier molecular flexibility index (Phi) is 2.95. The van der Waals surface area contributed by atoms with Gasteiger partial charge in [0.05, 0.1) is 11.1 Å². The van der Waals surface area contributed by atoms with Gasteiger partial charge in [-0.3, -0.25) is 9.97 Å². The summed E-state index contributed by atoms with van der Waals surface area (Å²) in [6.07, 6.45) is 6.78. The van der Waals surface area contributed by atoms with Crippen LogP contribution in [-0.4, -0.2) is 32.2 Å². The molecular formula is C10H8N6S2. The lowest BCUT2D eigenvalue weighted by atomic mass is 10.5. The molecule has 0 bridgehead atoms. The van der Waals surface area contributed by atoms with E-state index < -0.39 is 0 Å². The highest BCUT2D eigenvalue weighted by atomic mass is 32.1. The van der Waals surface area contributed by atoms with Crippen LogP contribution >= 0.6 is 22.7 Å². The normalized spacial score (nSPS) is 10.5. The lowest BCUT2D eigenvalue weighted by Gasteiger charge is -1.91. The first-order valence-electron chi connectivity index (χ1n) is 5.10. The summed E-state index contributed by atoms with van der Waals surface area (Å²) in [4.78, 5) is 13.6. The zero-order valence-electron chi connectivity index (χ0n) is 9.36. The third-order valence-corrected chi connectivity index (χ3v) is 4.27. The summed E-state index contributed by atoms with van der Waals surface area (Å²) in [6, 6.07) is 0. The van der Waals surface area contributed by atoms with Crippen molar-refractivity contribution in [1.82, 2.24) is 25.1 Å². The lowest BCUT2D eigenvalue weighted by Crippen LogP contribution is -1.84. The van der Waals surface area contributed by atoms with Gasteiger partial charge in [-0.25, -0.2) is 4.98 Å². The molecule has 3 aromatic rings. The number of rotatable bonds is 3. The number of nitrogens with zero attached hydrogens (tertiary/aromatic N) is 5. The van der Waals surface area contributed by atoms with Crippen LogP contribution < -0.4 is 5.32 Å². The van der Waals surface area contributed by atoms with E-state index in [0.717, 1.165) is 25.7 Å².